The SMILES string of the molecule is c1ccc(-c2nc(-c3ccccc3)nc(-c3ccc(-c4c(-c5ccccc5)c(-c5ccccc5)nc(N5c6ccccc6C(c6ccccc6)(c6ccccc6)c6ccccc65)c4-c4ccccc4)cc3)n2)cc1. The number of benzene rings is 10. The van der Waals surface area contributed by atoms with Crippen molar-refractivity contribution < 1.29 is 0 Å². The second kappa shape index (κ2) is 19.1. The number of hydrogen-bond donors (Lipinski definition) is 0. The Bertz CT molecular complexity index is 3760. The molecule has 0 bridgehead atoms. The molecule has 12 aromatic rings. The van der Waals surface area contributed by atoms with Gasteiger partial charge in [-0.3, -0.25) is 4.90 Å². The van der Waals surface area contributed by atoms with Gasteiger partial charge in [0.05, 0.1) is 22.5 Å². The number of aromatic nitrogens is 4. The normalized spacial score (nSPS) is 12.4. The minimum atomic E-state index is -0.653. The molecule has 0 aliphatic carbocycles. The van der Waals surface area contributed by atoms with Crippen LogP contribution in [0.15, 0.2) is 285 Å². The predicted octanol–water partition coefficient (Wildman–Crippen LogP) is 17.1. The zero-order valence-corrected chi connectivity index (χ0v) is 40.4. The van der Waals surface area contributed by atoms with Crippen LogP contribution in [0.2, 0.25) is 0 Å². The second-order valence-electron chi connectivity index (χ2n) is 18.5. The molecule has 1 aliphatic rings. The van der Waals surface area contributed by atoms with Gasteiger partial charge in [-0.05, 0) is 51.1 Å². The van der Waals surface area contributed by atoms with Crippen LogP contribution in [0.25, 0.3) is 78.8 Å². The number of nitrogens with zero attached hydrogens (tertiary/aromatic N) is 5. The average Bonchev–Trinajstić information content (AvgIpc) is 3.50. The van der Waals surface area contributed by atoms with E-state index in [0.717, 1.165) is 78.5 Å². The minimum Gasteiger partial charge on any atom is -0.294 e. The molecule has 0 saturated heterocycles. The van der Waals surface area contributed by atoms with Gasteiger partial charge in [0.1, 0.15) is 5.82 Å². The molecule has 0 unspecified atom stereocenters. The van der Waals surface area contributed by atoms with Crippen LogP contribution in [0, 0.1) is 0 Å². The van der Waals surface area contributed by atoms with Crippen molar-refractivity contribution in [3.05, 3.63) is 307 Å². The highest BCUT2D eigenvalue weighted by atomic mass is 15.2. The third kappa shape index (κ3) is 7.67. The molecule has 0 fully saturated rings. The first-order valence-electron chi connectivity index (χ1n) is 25.1. The van der Waals surface area contributed by atoms with E-state index in [1.165, 1.54) is 22.3 Å². The van der Waals surface area contributed by atoms with Gasteiger partial charge in [0.25, 0.3) is 0 Å². The van der Waals surface area contributed by atoms with Gasteiger partial charge >= 0.3 is 0 Å². The van der Waals surface area contributed by atoms with Crippen molar-refractivity contribution in [1.29, 1.82) is 0 Å². The maximum Gasteiger partial charge on any atom is 0.164 e. The molecular formula is C69H47N5. The lowest BCUT2D eigenvalue weighted by atomic mass is 9.62. The Balaban J connectivity index is 1.11. The predicted molar refractivity (Wildman–Crippen MR) is 302 cm³/mol. The van der Waals surface area contributed by atoms with E-state index in [0.29, 0.717) is 17.5 Å². The topological polar surface area (TPSA) is 54.8 Å². The molecule has 0 N–H and O–H groups in total. The largest absolute Gasteiger partial charge is 0.294 e. The van der Waals surface area contributed by atoms with E-state index in [9.17, 15) is 0 Å². The quantitative estimate of drug-likeness (QED) is 0.137. The fourth-order valence-electron chi connectivity index (χ4n) is 11.0. The van der Waals surface area contributed by atoms with Gasteiger partial charge in [-0.1, -0.05) is 273 Å². The summed E-state index contributed by atoms with van der Waals surface area (Å²) in [6.45, 7) is 0. The van der Waals surface area contributed by atoms with Gasteiger partial charge in [0.15, 0.2) is 17.5 Å². The summed E-state index contributed by atoms with van der Waals surface area (Å²) in [7, 11) is 0. The summed E-state index contributed by atoms with van der Waals surface area (Å²) in [5.41, 5.74) is 17.0. The van der Waals surface area contributed by atoms with E-state index in [-0.39, 0.29) is 0 Å². The van der Waals surface area contributed by atoms with Gasteiger partial charge in [-0.25, -0.2) is 19.9 Å². The Morgan fingerprint density at radius 2 is 0.554 bits per heavy atom. The summed E-state index contributed by atoms with van der Waals surface area (Å²) in [4.78, 5) is 23.7. The molecular weight excluding hydrogens is 899 g/mol. The summed E-state index contributed by atoms with van der Waals surface area (Å²) in [5, 5.41) is 0. The van der Waals surface area contributed by atoms with Crippen LogP contribution >= 0.6 is 0 Å². The summed E-state index contributed by atoms with van der Waals surface area (Å²) in [6.07, 6.45) is 0. The van der Waals surface area contributed by atoms with Crippen LogP contribution in [-0.2, 0) is 5.41 Å². The number of fused-ring (bicyclic) bond motifs is 2. The van der Waals surface area contributed by atoms with E-state index in [2.05, 4.69) is 229 Å². The molecule has 0 radical (unpaired) electrons. The molecule has 5 nitrogen and oxygen atoms in total. The number of hydrogen-bond acceptors (Lipinski definition) is 5. The van der Waals surface area contributed by atoms with E-state index in [4.69, 9.17) is 19.9 Å². The van der Waals surface area contributed by atoms with Gasteiger partial charge in [-0.15, -0.1) is 0 Å². The van der Waals surface area contributed by atoms with Crippen molar-refractivity contribution in [2.24, 2.45) is 0 Å². The van der Waals surface area contributed by atoms with Crippen molar-refractivity contribution in [1.82, 2.24) is 19.9 Å². The molecule has 3 heterocycles. The van der Waals surface area contributed by atoms with Crippen molar-refractivity contribution >= 4 is 17.2 Å². The molecule has 0 saturated carbocycles. The fourth-order valence-corrected chi connectivity index (χ4v) is 11.0. The first-order chi connectivity index (χ1) is 36.7. The number of anilines is 3. The van der Waals surface area contributed by atoms with E-state index in [1.54, 1.807) is 0 Å². The number of para-hydroxylation sites is 2. The van der Waals surface area contributed by atoms with Crippen molar-refractivity contribution in [2.45, 2.75) is 5.41 Å². The zero-order valence-electron chi connectivity index (χ0n) is 40.4. The van der Waals surface area contributed by atoms with Gasteiger partial charge < -0.3 is 0 Å². The second-order valence-corrected chi connectivity index (χ2v) is 18.5. The van der Waals surface area contributed by atoms with Crippen LogP contribution < -0.4 is 4.90 Å². The Labute approximate surface area is 431 Å². The van der Waals surface area contributed by atoms with E-state index >= 15 is 0 Å². The first kappa shape index (κ1) is 44.1. The third-order valence-electron chi connectivity index (χ3n) is 14.2. The van der Waals surface area contributed by atoms with Crippen molar-refractivity contribution in [3.63, 3.8) is 0 Å². The van der Waals surface area contributed by atoms with Crippen molar-refractivity contribution in [2.75, 3.05) is 4.90 Å². The molecule has 2 aromatic heterocycles. The average molecular weight is 946 g/mol. The lowest BCUT2D eigenvalue weighted by Gasteiger charge is -2.46. The van der Waals surface area contributed by atoms with Gasteiger partial charge in [0, 0.05) is 38.9 Å². The van der Waals surface area contributed by atoms with Crippen LogP contribution in [-0.4, -0.2) is 19.9 Å². The Morgan fingerprint density at radius 1 is 0.243 bits per heavy atom. The fraction of sp³-hybridized carbons (Fsp3) is 0.0145. The van der Waals surface area contributed by atoms with Crippen LogP contribution in [0.4, 0.5) is 17.2 Å². The third-order valence-corrected chi connectivity index (χ3v) is 14.2. The van der Waals surface area contributed by atoms with E-state index < -0.39 is 5.41 Å². The van der Waals surface area contributed by atoms with Gasteiger partial charge in [-0.2, -0.15) is 0 Å². The molecule has 0 amide bonds. The summed E-state index contributed by atoms with van der Waals surface area (Å²) >= 11 is 0. The molecule has 0 spiro atoms. The highest BCUT2D eigenvalue weighted by Crippen LogP contribution is 2.60. The molecule has 10 aromatic carbocycles. The number of pyridine rings is 1. The monoisotopic (exact) mass is 945 g/mol. The summed E-state index contributed by atoms with van der Waals surface area (Å²) < 4.78 is 0. The highest BCUT2D eigenvalue weighted by Gasteiger charge is 2.47. The van der Waals surface area contributed by atoms with E-state index in [1.807, 2.05) is 60.7 Å². The molecule has 74 heavy (non-hydrogen) atoms. The Morgan fingerprint density at radius 3 is 0.986 bits per heavy atom. The standard InChI is InChI=1S/C69H47N5/c1-8-26-48(27-9-1)62-61(50-44-46-54(47-45-50)67-72-65(52-32-14-4-15-33-52)71-66(73-67)53-34-16-5-17-35-53)63(49-28-10-2-11-29-49)68(70-64(62)51-30-12-3-13-31-51)74-59-42-24-22-40-57(59)69(55-36-18-6-19-37-55,56-38-20-7-21-39-56)58-41-23-25-43-60(58)74/h1-47H. The van der Waals surface area contributed by atoms with Crippen LogP contribution in [0.5, 0.6) is 0 Å². The summed E-state index contributed by atoms with van der Waals surface area (Å²) in [6, 6.07) is 101. The first-order valence-corrected chi connectivity index (χ1v) is 25.1. The Hall–Kier alpha value is -9.84. The lowest BCUT2D eigenvalue weighted by Crippen LogP contribution is -2.38. The highest BCUT2D eigenvalue weighted by molar-refractivity contribution is 6.07. The van der Waals surface area contributed by atoms with Crippen LogP contribution in [0.3, 0.4) is 0 Å². The van der Waals surface area contributed by atoms with Crippen molar-refractivity contribution in [3.8, 4) is 78.8 Å². The van der Waals surface area contributed by atoms with Gasteiger partial charge in [0.2, 0.25) is 0 Å². The van der Waals surface area contributed by atoms with Crippen LogP contribution in [0.1, 0.15) is 22.3 Å². The lowest BCUT2D eigenvalue weighted by molar-refractivity contribution is 0.730. The minimum absolute atomic E-state index is 0.595. The molecule has 348 valence electrons. The molecule has 13 rings (SSSR count). The zero-order chi connectivity index (χ0) is 49.3. The Kier molecular flexibility index (Phi) is 11.4. The maximum atomic E-state index is 6.04. The molecule has 5 heteroatoms. The maximum absolute atomic E-state index is 6.04. The number of rotatable bonds is 10. The smallest absolute Gasteiger partial charge is 0.164 e. The molecule has 0 atom stereocenters. The molecule has 1 aliphatic heterocycles. The summed E-state index contributed by atoms with van der Waals surface area (Å²) in [5.74, 6) is 2.65.